The largest absolute Gasteiger partial charge is 0.481 e. The SMILES string of the molecule is CCN1CCN(c2ccc(NC(=O)c3ccc(OC)nc3)cc2)CC1. The van der Waals surface area contributed by atoms with Crippen molar-refractivity contribution in [2.45, 2.75) is 6.92 Å². The molecule has 2 heterocycles. The molecule has 1 amide bonds. The first-order valence-electron chi connectivity index (χ1n) is 8.58. The maximum Gasteiger partial charge on any atom is 0.257 e. The van der Waals surface area contributed by atoms with Crippen LogP contribution in [0.1, 0.15) is 17.3 Å². The van der Waals surface area contributed by atoms with Crippen molar-refractivity contribution in [2.24, 2.45) is 0 Å². The highest BCUT2D eigenvalue weighted by Crippen LogP contribution is 2.20. The molecule has 0 radical (unpaired) electrons. The first-order valence-corrected chi connectivity index (χ1v) is 8.58. The fourth-order valence-corrected chi connectivity index (χ4v) is 2.92. The number of carbonyl (C=O) groups is 1. The minimum absolute atomic E-state index is 0.181. The third-order valence-corrected chi connectivity index (χ3v) is 4.52. The van der Waals surface area contributed by atoms with Gasteiger partial charge in [0, 0.05) is 49.8 Å². The van der Waals surface area contributed by atoms with Crippen molar-refractivity contribution in [1.82, 2.24) is 9.88 Å². The van der Waals surface area contributed by atoms with Gasteiger partial charge in [-0.15, -0.1) is 0 Å². The summed E-state index contributed by atoms with van der Waals surface area (Å²) in [5.41, 5.74) is 2.47. The van der Waals surface area contributed by atoms with E-state index in [0.29, 0.717) is 11.4 Å². The Morgan fingerprint density at radius 1 is 1.12 bits per heavy atom. The summed E-state index contributed by atoms with van der Waals surface area (Å²) in [6.07, 6.45) is 1.51. The number of likely N-dealkylation sites (N-methyl/N-ethyl adjacent to an activating group) is 1. The molecule has 2 aromatic rings. The number of benzene rings is 1. The molecule has 3 rings (SSSR count). The number of aromatic nitrogens is 1. The number of piperazine rings is 1. The molecule has 1 fully saturated rings. The van der Waals surface area contributed by atoms with Crippen LogP contribution in [0, 0.1) is 0 Å². The molecule has 1 N–H and O–H groups in total. The van der Waals surface area contributed by atoms with Crippen molar-refractivity contribution in [3.8, 4) is 5.88 Å². The zero-order valence-electron chi connectivity index (χ0n) is 14.7. The van der Waals surface area contributed by atoms with Crippen molar-refractivity contribution in [3.63, 3.8) is 0 Å². The van der Waals surface area contributed by atoms with Crippen molar-refractivity contribution >= 4 is 17.3 Å². The lowest BCUT2D eigenvalue weighted by molar-refractivity contribution is 0.102. The fraction of sp³-hybridized carbons (Fsp3) is 0.368. The predicted octanol–water partition coefficient (Wildman–Crippen LogP) is 2.48. The van der Waals surface area contributed by atoms with E-state index in [-0.39, 0.29) is 5.91 Å². The van der Waals surface area contributed by atoms with Crippen molar-refractivity contribution in [1.29, 1.82) is 0 Å². The Labute approximate surface area is 148 Å². The third-order valence-electron chi connectivity index (χ3n) is 4.52. The van der Waals surface area contributed by atoms with Crippen LogP contribution in [0.15, 0.2) is 42.6 Å². The van der Waals surface area contributed by atoms with Gasteiger partial charge in [-0.25, -0.2) is 4.98 Å². The van der Waals surface area contributed by atoms with Gasteiger partial charge in [0.15, 0.2) is 0 Å². The Morgan fingerprint density at radius 2 is 1.84 bits per heavy atom. The third kappa shape index (κ3) is 4.28. The Kier molecular flexibility index (Phi) is 5.50. The van der Waals surface area contributed by atoms with Gasteiger partial charge in [-0.2, -0.15) is 0 Å². The number of nitrogens with one attached hydrogen (secondary N) is 1. The highest BCUT2D eigenvalue weighted by molar-refractivity contribution is 6.04. The minimum atomic E-state index is -0.181. The van der Waals surface area contributed by atoms with Gasteiger partial charge in [0.1, 0.15) is 0 Å². The number of anilines is 2. The molecule has 0 aliphatic carbocycles. The number of nitrogens with zero attached hydrogens (tertiary/aromatic N) is 3. The van der Waals surface area contributed by atoms with E-state index in [1.807, 2.05) is 12.1 Å². The number of amides is 1. The molecule has 6 nitrogen and oxygen atoms in total. The fourth-order valence-electron chi connectivity index (χ4n) is 2.92. The van der Waals surface area contributed by atoms with Crippen molar-refractivity contribution in [2.75, 3.05) is 50.1 Å². The number of rotatable bonds is 5. The highest BCUT2D eigenvalue weighted by atomic mass is 16.5. The summed E-state index contributed by atoms with van der Waals surface area (Å²) in [5.74, 6) is 0.309. The molecule has 1 aromatic carbocycles. The maximum absolute atomic E-state index is 12.3. The minimum Gasteiger partial charge on any atom is -0.481 e. The highest BCUT2D eigenvalue weighted by Gasteiger charge is 2.15. The van der Waals surface area contributed by atoms with Crippen LogP contribution in [0.2, 0.25) is 0 Å². The van der Waals surface area contributed by atoms with Crippen molar-refractivity contribution < 1.29 is 9.53 Å². The summed E-state index contributed by atoms with van der Waals surface area (Å²) in [6, 6.07) is 11.4. The van der Waals surface area contributed by atoms with Crippen LogP contribution in [0.5, 0.6) is 5.88 Å². The van der Waals surface area contributed by atoms with Gasteiger partial charge in [-0.3, -0.25) is 4.79 Å². The van der Waals surface area contributed by atoms with Gasteiger partial charge in [0.2, 0.25) is 5.88 Å². The normalized spacial score (nSPS) is 15.0. The lowest BCUT2D eigenvalue weighted by Gasteiger charge is -2.35. The van der Waals surface area contributed by atoms with E-state index in [2.05, 4.69) is 39.2 Å². The Morgan fingerprint density at radius 3 is 2.40 bits per heavy atom. The monoisotopic (exact) mass is 340 g/mol. The van der Waals surface area contributed by atoms with Gasteiger partial charge in [0.25, 0.3) is 5.91 Å². The van der Waals surface area contributed by atoms with Crippen LogP contribution in [0.25, 0.3) is 0 Å². The molecule has 0 unspecified atom stereocenters. The van der Waals surface area contributed by atoms with Crippen LogP contribution in [-0.4, -0.2) is 55.6 Å². The topological polar surface area (TPSA) is 57.7 Å². The number of methoxy groups -OCH3 is 1. The predicted molar refractivity (Wildman–Crippen MR) is 99.5 cm³/mol. The van der Waals surface area contributed by atoms with Crippen LogP contribution in [0.4, 0.5) is 11.4 Å². The van der Waals surface area contributed by atoms with Crippen LogP contribution in [0.3, 0.4) is 0 Å². The van der Waals surface area contributed by atoms with Gasteiger partial charge < -0.3 is 19.9 Å². The Balaban J connectivity index is 1.59. The first-order chi connectivity index (χ1) is 12.2. The summed E-state index contributed by atoms with van der Waals surface area (Å²) in [4.78, 5) is 21.1. The smallest absolute Gasteiger partial charge is 0.257 e. The first kappa shape index (κ1) is 17.2. The molecule has 6 heteroatoms. The summed E-state index contributed by atoms with van der Waals surface area (Å²) < 4.78 is 5.00. The van der Waals surface area contributed by atoms with Gasteiger partial charge in [-0.1, -0.05) is 6.92 Å². The second-order valence-corrected chi connectivity index (χ2v) is 6.01. The van der Waals surface area contributed by atoms with E-state index in [0.717, 1.165) is 38.4 Å². The summed E-state index contributed by atoms with van der Waals surface area (Å²) in [6.45, 7) is 7.58. The molecule has 0 saturated carbocycles. The second-order valence-electron chi connectivity index (χ2n) is 6.01. The maximum atomic E-state index is 12.3. The number of carbonyl (C=O) groups excluding carboxylic acids is 1. The van der Waals surface area contributed by atoms with E-state index >= 15 is 0 Å². The summed E-state index contributed by atoms with van der Waals surface area (Å²) in [5, 5.41) is 2.90. The average Bonchev–Trinajstić information content (AvgIpc) is 2.68. The molecule has 25 heavy (non-hydrogen) atoms. The number of hydrogen-bond acceptors (Lipinski definition) is 5. The molecule has 1 aromatic heterocycles. The van der Waals surface area contributed by atoms with E-state index in [9.17, 15) is 4.79 Å². The lowest BCUT2D eigenvalue weighted by Crippen LogP contribution is -2.46. The van der Waals surface area contributed by atoms with E-state index in [1.54, 1.807) is 19.2 Å². The molecular weight excluding hydrogens is 316 g/mol. The number of ether oxygens (including phenoxy) is 1. The van der Waals surface area contributed by atoms with E-state index in [4.69, 9.17) is 4.74 Å². The number of hydrogen-bond donors (Lipinski definition) is 1. The van der Waals surface area contributed by atoms with Crippen LogP contribution in [-0.2, 0) is 0 Å². The summed E-state index contributed by atoms with van der Waals surface area (Å²) >= 11 is 0. The standard InChI is InChI=1S/C19H24N4O2/c1-3-22-10-12-23(13-11-22)17-7-5-16(6-8-17)21-19(24)15-4-9-18(25-2)20-14-15/h4-9,14H,3,10-13H2,1-2H3,(H,21,24). The molecule has 0 bridgehead atoms. The van der Waals surface area contributed by atoms with Crippen LogP contribution < -0.4 is 15.0 Å². The summed E-state index contributed by atoms with van der Waals surface area (Å²) in [7, 11) is 1.55. The van der Waals surface area contributed by atoms with E-state index < -0.39 is 0 Å². The molecule has 1 saturated heterocycles. The van der Waals surface area contributed by atoms with Gasteiger partial charge in [-0.05, 0) is 36.9 Å². The Hall–Kier alpha value is -2.60. The molecular formula is C19H24N4O2. The zero-order chi connectivity index (χ0) is 17.6. The molecule has 0 spiro atoms. The lowest BCUT2D eigenvalue weighted by atomic mass is 10.2. The quantitative estimate of drug-likeness (QED) is 0.906. The molecule has 1 aliphatic rings. The Bertz CT molecular complexity index is 692. The van der Waals surface area contributed by atoms with Crippen molar-refractivity contribution in [3.05, 3.63) is 48.2 Å². The molecule has 1 aliphatic heterocycles. The number of pyridine rings is 1. The second kappa shape index (κ2) is 7.98. The molecule has 132 valence electrons. The van der Waals surface area contributed by atoms with Gasteiger partial charge in [0.05, 0.1) is 12.7 Å². The molecule has 0 atom stereocenters. The average molecular weight is 340 g/mol. The van der Waals surface area contributed by atoms with Crippen LogP contribution >= 0.6 is 0 Å². The zero-order valence-corrected chi connectivity index (χ0v) is 14.7. The van der Waals surface area contributed by atoms with E-state index in [1.165, 1.54) is 11.9 Å². The van der Waals surface area contributed by atoms with Gasteiger partial charge >= 0.3 is 0 Å².